The van der Waals surface area contributed by atoms with E-state index in [9.17, 15) is 21.6 Å². The van der Waals surface area contributed by atoms with Crippen molar-refractivity contribution in [3.05, 3.63) is 18.2 Å². The maximum Gasteiger partial charge on any atom is 0.242 e. The Labute approximate surface area is 123 Å². The zero-order valence-electron chi connectivity index (χ0n) is 11.7. The number of primary sulfonamides is 1. The van der Waals surface area contributed by atoms with E-state index in [1.54, 1.807) is 0 Å². The van der Waals surface area contributed by atoms with Crippen LogP contribution in [0.4, 0.5) is 5.69 Å². The van der Waals surface area contributed by atoms with Crippen molar-refractivity contribution in [2.75, 3.05) is 18.7 Å². The standard InChI is InChI=1S/C11H16N2O6S2/c1-7(20(3,15)16)11(14)13-9-6-8(21(12,17)18)4-5-10(9)19-2/h4-7H,1-3H3,(H,13,14)(H2,12,17,18). The van der Waals surface area contributed by atoms with Gasteiger partial charge in [-0.3, -0.25) is 4.79 Å². The topological polar surface area (TPSA) is 133 Å². The number of benzene rings is 1. The fourth-order valence-electron chi connectivity index (χ4n) is 1.39. The van der Waals surface area contributed by atoms with Gasteiger partial charge >= 0.3 is 0 Å². The predicted molar refractivity (Wildman–Crippen MR) is 77.3 cm³/mol. The van der Waals surface area contributed by atoms with Crippen molar-refractivity contribution < 1.29 is 26.4 Å². The average molecular weight is 336 g/mol. The molecular formula is C11H16N2O6S2. The van der Waals surface area contributed by atoms with Crippen molar-refractivity contribution in [2.24, 2.45) is 5.14 Å². The number of ether oxygens (including phenoxy) is 1. The molecule has 1 unspecified atom stereocenters. The smallest absolute Gasteiger partial charge is 0.242 e. The molecule has 1 amide bonds. The maximum absolute atomic E-state index is 11.9. The van der Waals surface area contributed by atoms with Crippen molar-refractivity contribution in [1.29, 1.82) is 0 Å². The third-order valence-corrected chi connectivity index (χ3v) is 5.18. The lowest BCUT2D eigenvalue weighted by atomic mass is 10.3. The number of amides is 1. The molecule has 1 aromatic rings. The number of methoxy groups -OCH3 is 1. The Morgan fingerprint density at radius 1 is 1.29 bits per heavy atom. The van der Waals surface area contributed by atoms with Crippen LogP contribution < -0.4 is 15.2 Å². The van der Waals surface area contributed by atoms with Crippen LogP contribution in [0.2, 0.25) is 0 Å². The van der Waals surface area contributed by atoms with E-state index >= 15 is 0 Å². The summed E-state index contributed by atoms with van der Waals surface area (Å²) in [6.07, 6.45) is 0.926. The van der Waals surface area contributed by atoms with Crippen LogP contribution in [0.5, 0.6) is 5.75 Å². The van der Waals surface area contributed by atoms with E-state index in [1.165, 1.54) is 26.2 Å². The third-order valence-electron chi connectivity index (χ3n) is 2.77. The first-order chi connectivity index (χ1) is 9.46. The number of hydrogen-bond acceptors (Lipinski definition) is 6. The molecule has 0 aliphatic heterocycles. The lowest BCUT2D eigenvalue weighted by molar-refractivity contribution is -0.115. The summed E-state index contributed by atoms with van der Waals surface area (Å²) < 4.78 is 50.2. The summed E-state index contributed by atoms with van der Waals surface area (Å²) in [5.41, 5.74) is 0.0181. The normalized spacial score (nSPS) is 13.5. The molecule has 0 radical (unpaired) electrons. The molecule has 0 saturated heterocycles. The predicted octanol–water partition coefficient (Wildman–Crippen LogP) is -0.286. The van der Waals surface area contributed by atoms with E-state index in [4.69, 9.17) is 9.88 Å². The summed E-state index contributed by atoms with van der Waals surface area (Å²) in [5.74, 6) is -0.626. The molecule has 10 heteroatoms. The molecule has 1 atom stereocenters. The van der Waals surface area contributed by atoms with E-state index < -0.39 is 31.0 Å². The summed E-state index contributed by atoms with van der Waals surface area (Å²) in [7, 11) is -6.21. The maximum atomic E-state index is 11.9. The lowest BCUT2D eigenvalue weighted by Crippen LogP contribution is -2.32. The van der Waals surface area contributed by atoms with Gasteiger partial charge in [0.05, 0.1) is 17.7 Å². The van der Waals surface area contributed by atoms with Gasteiger partial charge in [0.25, 0.3) is 0 Å². The van der Waals surface area contributed by atoms with Gasteiger partial charge in [0.15, 0.2) is 9.84 Å². The van der Waals surface area contributed by atoms with E-state index in [1.807, 2.05) is 0 Å². The van der Waals surface area contributed by atoms with E-state index in [2.05, 4.69) is 5.32 Å². The lowest BCUT2D eigenvalue weighted by Gasteiger charge is -2.14. The van der Waals surface area contributed by atoms with Gasteiger partial charge in [-0.2, -0.15) is 0 Å². The second-order valence-electron chi connectivity index (χ2n) is 4.37. The number of anilines is 1. The summed E-state index contributed by atoms with van der Waals surface area (Å²) >= 11 is 0. The summed E-state index contributed by atoms with van der Waals surface area (Å²) in [4.78, 5) is 11.6. The van der Waals surface area contributed by atoms with Crippen LogP contribution in [0.3, 0.4) is 0 Å². The second kappa shape index (κ2) is 6.00. The van der Waals surface area contributed by atoms with Crippen LogP contribution in [0.15, 0.2) is 23.1 Å². The summed E-state index contributed by atoms with van der Waals surface area (Å²) in [6.45, 7) is 1.22. The Balaban J connectivity index is 3.21. The molecule has 0 saturated carbocycles. The van der Waals surface area contributed by atoms with Gasteiger partial charge in [-0.15, -0.1) is 0 Å². The van der Waals surface area contributed by atoms with E-state index in [0.29, 0.717) is 0 Å². The molecule has 0 aliphatic rings. The number of carbonyl (C=O) groups excluding carboxylic acids is 1. The third kappa shape index (κ3) is 4.41. The molecule has 21 heavy (non-hydrogen) atoms. The molecule has 0 bridgehead atoms. The van der Waals surface area contributed by atoms with Crippen molar-refractivity contribution in [1.82, 2.24) is 0 Å². The molecule has 0 heterocycles. The number of nitrogens with two attached hydrogens (primary N) is 1. The zero-order valence-corrected chi connectivity index (χ0v) is 13.3. The Morgan fingerprint density at radius 3 is 2.29 bits per heavy atom. The van der Waals surface area contributed by atoms with Gasteiger partial charge in [-0.05, 0) is 25.1 Å². The molecule has 8 nitrogen and oxygen atoms in total. The van der Waals surface area contributed by atoms with Crippen molar-refractivity contribution in [2.45, 2.75) is 17.1 Å². The Bertz CT molecular complexity index is 755. The number of hydrogen-bond donors (Lipinski definition) is 2. The molecule has 0 fully saturated rings. The number of carbonyl (C=O) groups is 1. The molecule has 3 N–H and O–H groups in total. The highest BCUT2D eigenvalue weighted by Gasteiger charge is 2.24. The highest BCUT2D eigenvalue weighted by Crippen LogP contribution is 2.27. The number of sulfone groups is 1. The Hall–Kier alpha value is -1.65. The Morgan fingerprint density at radius 2 is 1.86 bits per heavy atom. The SMILES string of the molecule is COc1ccc(S(N)(=O)=O)cc1NC(=O)C(C)S(C)(=O)=O. The van der Waals surface area contributed by atoms with Gasteiger partial charge in [-0.1, -0.05) is 0 Å². The minimum absolute atomic E-state index is 0.0181. The van der Waals surface area contributed by atoms with Gasteiger partial charge in [-0.25, -0.2) is 22.0 Å². The number of sulfonamides is 1. The van der Waals surface area contributed by atoms with Crippen LogP contribution >= 0.6 is 0 Å². The van der Waals surface area contributed by atoms with Gasteiger partial charge in [0, 0.05) is 6.26 Å². The number of nitrogens with one attached hydrogen (secondary N) is 1. The van der Waals surface area contributed by atoms with Gasteiger partial charge in [0.1, 0.15) is 11.0 Å². The minimum atomic E-state index is -3.96. The molecule has 0 aliphatic carbocycles. The molecular weight excluding hydrogens is 320 g/mol. The highest BCUT2D eigenvalue weighted by atomic mass is 32.2. The van der Waals surface area contributed by atoms with Crippen LogP contribution in [-0.2, 0) is 24.7 Å². The molecule has 118 valence electrons. The fraction of sp³-hybridized carbons (Fsp3) is 0.364. The van der Waals surface area contributed by atoms with Crippen LogP contribution in [0, 0.1) is 0 Å². The van der Waals surface area contributed by atoms with E-state index in [-0.39, 0.29) is 16.3 Å². The van der Waals surface area contributed by atoms with E-state index in [0.717, 1.165) is 12.3 Å². The quantitative estimate of drug-likeness (QED) is 0.759. The van der Waals surface area contributed by atoms with Gasteiger partial charge < -0.3 is 10.1 Å². The molecule has 1 aromatic carbocycles. The van der Waals surface area contributed by atoms with Crippen molar-refractivity contribution in [3.8, 4) is 5.75 Å². The summed E-state index contributed by atoms with van der Waals surface area (Å²) in [6, 6.07) is 3.62. The monoisotopic (exact) mass is 336 g/mol. The second-order valence-corrected chi connectivity index (χ2v) is 8.30. The number of rotatable bonds is 5. The minimum Gasteiger partial charge on any atom is -0.495 e. The van der Waals surface area contributed by atoms with Crippen LogP contribution in [-0.4, -0.2) is 41.4 Å². The zero-order chi connectivity index (χ0) is 16.4. The van der Waals surface area contributed by atoms with Crippen molar-refractivity contribution >= 4 is 31.5 Å². The fourth-order valence-corrected chi connectivity index (χ4v) is 2.38. The molecule has 0 aromatic heterocycles. The Kier molecular flexibility index (Phi) is 4.97. The van der Waals surface area contributed by atoms with Crippen molar-refractivity contribution in [3.63, 3.8) is 0 Å². The first-order valence-corrected chi connectivity index (χ1v) is 9.17. The molecule has 0 spiro atoms. The van der Waals surface area contributed by atoms with Crippen LogP contribution in [0.25, 0.3) is 0 Å². The van der Waals surface area contributed by atoms with Gasteiger partial charge in [0.2, 0.25) is 15.9 Å². The average Bonchev–Trinajstić information content (AvgIpc) is 2.35. The first kappa shape index (κ1) is 17.4. The largest absolute Gasteiger partial charge is 0.495 e. The molecule has 1 rings (SSSR count). The first-order valence-electron chi connectivity index (χ1n) is 5.67. The van der Waals surface area contributed by atoms with Crippen LogP contribution in [0.1, 0.15) is 6.92 Å². The summed E-state index contributed by atoms with van der Waals surface area (Å²) in [5, 5.41) is 6.03. The highest BCUT2D eigenvalue weighted by molar-refractivity contribution is 7.92.